The van der Waals surface area contributed by atoms with Crippen LogP contribution in [0.1, 0.15) is 43.9 Å². The van der Waals surface area contributed by atoms with Gasteiger partial charge in [-0.1, -0.05) is 79.5 Å². The van der Waals surface area contributed by atoms with E-state index in [1.807, 2.05) is 19.9 Å². The molecule has 34 heavy (non-hydrogen) atoms. The van der Waals surface area contributed by atoms with E-state index in [4.69, 9.17) is 4.74 Å². The van der Waals surface area contributed by atoms with Gasteiger partial charge >= 0.3 is 0 Å². The molecule has 0 amide bonds. The molecule has 0 saturated heterocycles. The van der Waals surface area contributed by atoms with Crippen LogP contribution in [0.25, 0.3) is 23.3 Å². The summed E-state index contributed by atoms with van der Waals surface area (Å²) in [6.45, 7) is 9.02. The molecular weight excluding hydrogens is 434 g/mol. The number of hydrogen-bond donors (Lipinski definition) is 0. The normalized spacial score (nSPS) is 11.9. The third kappa shape index (κ3) is 8.47. The van der Waals surface area contributed by atoms with Gasteiger partial charge in [0, 0.05) is 20.2 Å². The van der Waals surface area contributed by atoms with Crippen molar-refractivity contribution in [2.45, 2.75) is 39.3 Å². The number of benzene rings is 2. The minimum absolute atomic E-state index is 0.410. The molecule has 176 valence electrons. The van der Waals surface area contributed by atoms with Gasteiger partial charge in [0.15, 0.2) is 0 Å². The maximum absolute atomic E-state index is 5.34. The lowest BCUT2D eigenvalue weighted by Gasteiger charge is -2.20. The molecule has 0 radical (unpaired) electrons. The first-order chi connectivity index (χ1) is 16.5. The molecule has 0 saturated carbocycles. The second-order valence-electron chi connectivity index (χ2n) is 8.84. The van der Waals surface area contributed by atoms with Crippen LogP contribution < -0.4 is 0 Å². The average Bonchev–Trinajstić information content (AvgIpc) is 3.38. The predicted octanol–water partition coefficient (Wildman–Crippen LogP) is 7.78. The third-order valence-electron chi connectivity index (χ3n) is 5.55. The van der Waals surface area contributed by atoms with Crippen molar-refractivity contribution < 1.29 is 4.74 Å². The van der Waals surface area contributed by atoms with E-state index in [9.17, 15) is 0 Å². The second-order valence-corrected chi connectivity index (χ2v) is 9.62. The Morgan fingerprint density at radius 1 is 1.00 bits per heavy atom. The molecule has 0 unspecified atom stereocenters. The Labute approximate surface area is 209 Å². The summed E-state index contributed by atoms with van der Waals surface area (Å²) >= 11 is 1.73. The van der Waals surface area contributed by atoms with Crippen LogP contribution in [-0.4, -0.2) is 30.7 Å². The lowest BCUT2D eigenvalue weighted by Crippen LogP contribution is -2.24. The molecule has 0 bridgehead atoms. The molecule has 1 aromatic heterocycles. The molecular formula is C31H35NOS. The largest absolute Gasteiger partial charge is 0.366 e. The van der Waals surface area contributed by atoms with Crippen molar-refractivity contribution in [2.24, 2.45) is 0 Å². The second kappa shape index (κ2) is 13.1. The number of allylic oxidation sites excluding steroid dienone is 1. The zero-order valence-electron chi connectivity index (χ0n) is 20.8. The van der Waals surface area contributed by atoms with E-state index in [1.165, 1.54) is 27.8 Å². The van der Waals surface area contributed by atoms with Crippen LogP contribution >= 0.6 is 11.3 Å². The van der Waals surface area contributed by atoms with Crippen LogP contribution in [0.5, 0.6) is 0 Å². The minimum atomic E-state index is -0.410. The Morgan fingerprint density at radius 2 is 1.76 bits per heavy atom. The highest BCUT2D eigenvalue weighted by atomic mass is 32.1. The van der Waals surface area contributed by atoms with Crippen LogP contribution in [0.4, 0.5) is 0 Å². The molecule has 0 aliphatic heterocycles. The number of thiophene rings is 1. The molecule has 3 aromatic rings. The monoisotopic (exact) mass is 469 g/mol. The number of hydrogen-bond acceptors (Lipinski definition) is 3. The summed E-state index contributed by atoms with van der Waals surface area (Å²) in [5.41, 5.74) is 5.88. The lowest BCUT2D eigenvalue weighted by atomic mass is 10.0. The van der Waals surface area contributed by atoms with Gasteiger partial charge in [0.25, 0.3) is 0 Å². The number of nitrogens with zero attached hydrogens (tertiary/aromatic N) is 1. The van der Waals surface area contributed by atoms with Crippen LogP contribution in [0.3, 0.4) is 0 Å². The average molecular weight is 470 g/mol. The number of rotatable bonds is 10. The maximum Gasteiger partial charge on any atom is 0.123 e. The lowest BCUT2D eigenvalue weighted by molar-refractivity contribution is 0.0742. The number of methoxy groups -OCH3 is 1. The van der Waals surface area contributed by atoms with Crippen molar-refractivity contribution in [3.05, 3.63) is 94.2 Å². The standard InChI is InChI=1S/C31H35NOS/c1-5-19-32(20-8-6-7-18-31(2,3)33-4)24-28-13-9-11-26(22-28)15-16-27-12-10-14-29(23-27)30-17-21-34-25-30/h6,8-17,21-23,25H,5,19-20,24H2,1-4H3/b8-6+,16-15+. The Morgan fingerprint density at radius 3 is 2.47 bits per heavy atom. The van der Waals surface area contributed by atoms with E-state index >= 15 is 0 Å². The summed E-state index contributed by atoms with van der Waals surface area (Å²) in [4.78, 5) is 2.45. The van der Waals surface area contributed by atoms with Gasteiger partial charge in [-0.2, -0.15) is 11.3 Å². The molecule has 0 aliphatic rings. The van der Waals surface area contributed by atoms with E-state index in [1.54, 1.807) is 18.4 Å². The summed E-state index contributed by atoms with van der Waals surface area (Å²) in [5.74, 6) is 6.23. The number of ether oxygens (including phenoxy) is 1. The molecule has 2 aromatic carbocycles. The van der Waals surface area contributed by atoms with Crippen molar-refractivity contribution in [3.8, 4) is 23.0 Å². The van der Waals surface area contributed by atoms with Crippen molar-refractivity contribution >= 4 is 23.5 Å². The SMILES string of the molecule is CCCN(C/C=C/C#CC(C)(C)OC)Cc1cccc(/C=C/c2cccc(-c3ccsc3)c2)c1. The Hall–Kier alpha value is -2.90. The molecule has 0 fully saturated rings. The van der Waals surface area contributed by atoms with Gasteiger partial charge in [-0.15, -0.1) is 0 Å². The van der Waals surface area contributed by atoms with Crippen LogP contribution in [0.2, 0.25) is 0 Å². The predicted molar refractivity (Wildman–Crippen MR) is 149 cm³/mol. The zero-order chi connectivity index (χ0) is 24.2. The van der Waals surface area contributed by atoms with E-state index in [0.717, 1.165) is 26.1 Å². The highest BCUT2D eigenvalue weighted by Gasteiger charge is 2.10. The summed E-state index contributed by atoms with van der Waals surface area (Å²) < 4.78 is 5.34. The molecule has 0 N–H and O–H groups in total. The smallest absolute Gasteiger partial charge is 0.123 e. The Balaban J connectivity index is 1.64. The van der Waals surface area contributed by atoms with Crippen molar-refractivity contribution in [3.63, 3.8) is 0 Å². The molecule has 3 rings (SSSR count). The summed E-state index contributed by atoms with van der Waals surface area (Å²) in [6.07, 6.45) is 9.59. The fraction of sp³-hybridized carbons (Fsp3) is 0.290. The Bertz CT molecular complexity index is 1150. The van der Waals surface area contributed by atoms with Gasteiger partial charge in [-0.05, 0) is 83.6 Å². The zero-order valence-corrected chi connectivity index (χ0v) is 21.6. The quantitative estimate of drug-likeness (QED) is 0.222. The van der Waals surface area contributed by atoms with Crippen molar-refractivity contribution in [2.75, 3.05) is 20.2 Å². The summed E-state index contributed by atoms with van der Waals surface area (Å²) in [6, 6.07) is 19.7. The molecule has 1 heterocycles. The first-order valence-corrected chi connectivity index (χ1v) is 12.8. The van der Waals surface area contributed by atoms with Gasteiger partial charge in [0.05, 0.1) is 0 Å². The van der Waals surface area contributed by atoms with Crippen LogP contribution in [0, 0.1) is 11.8 Å². The van der Waals surface area contributed by atoms with Gasteiger partial charge in [-0.3, -0.25) is 4.90 Å². The highest BCUT2D eigenvalue weighted by molar-refractivity contribution is 7.08. The third-order valence-corrected chi connectivity index (χ3v) is 6.24. The molecule has 3 heteroatoms. The van der Waals surface area contributed by atoms with Crippen LogP contribution in [-0.2, 0) is 11.3 Å². The van der Waals surface area contributed by atoms with Gasteiger partial charge in [-0.25, -0.2) is 0 Å². The molecule has 0 aliphatic carbocycles. The van der Waals surface area contributed by atoms with Gasteiger partial charge < -0.3 is 4.74 Å². The Kier molecular flexibility index (Phi) is 9.91. The van der Waals surface area contributed by atoms with E-state index in [0.29, 0.717) is 0 Å². The fourth-order valence-corrected chi connectivity index (χ4v) is 4.24. The molecule has 2 nitrogen and oxygen atoms in total. The van der Waals surface area contributed by atoms with Crippen LogP contribution in [0.15, 0.2) is 77.5 Å². The van der Waals surface area contributed by atoms with Gasteiger partial charge in [0.1, 0.15) is 5.60 Å². The first-order valence-electron chi connectivity index (χ1n) is 11.8. The maximum atomic E-state index is 5.34. The first kappa shape index (κ1) is 25.7. The minimum Gasteiger partial charge on any atom is -0.366 e. The highest BCUT2D eigenvalue weighted by Crippen LogP contribution is 2.23. The summed E-state index contributed by atoms with van der Waals surface area (Å²) in [7, 11) is 1.69. The van der Waals surface area contributed by atoms with E-state index in [2.05, 4.69) is 107 Å². The fourth-order valence-electron chi connectivity index (χ4n) is 3.57. The molecule has 0 atom stereocenters. The molecule has 0 spiro atoms. The van der Waals surface area contributed by atoms with Crippen molar-refractivity contribution in [1.29, 1.82) is 0 Å². The summed E-state index contributed by atoms with van der Waals surface area (Å²) in [5, 5.41) is 4.31. The van der Waals surface area contributed by atoms with E-state index < -0.39 is 5.60 Å². The van der Waals surface area contributed by atoms with Gasteiger partial charge in [0.2, 0.25) is 0 Å². The van der Waals surface area contributed by atoms with E-state index in [-0.39, 0.29) is 0 Å². The topological polar surface area (TPSA) is 12.5 Å². The van der Waals surface area contributed by atoms with Crippen molar-refractivity contribution in [1.82, 2.24) is 4.90 Å².